The van der Waals surface area contributed by atoms with Gasteiger partial charge in [0.2, 0.25) is 0 Å². The molecule has 0 radical (unpaired) electrons. The minimum absolute atomic E-state index is 0.587. The molecule has 24 heavy (non-hydrogen) atoms. The van der Waals surface area contributed by atoms with E-state index >= 15 is 0 Å². The van der Waals surface area contributed by atoms with Gasteiger partial charge in [-0.3, -0.25) is 4.68 Å². The summed E-state index contributed by atoms with van der Waals surface area (Å²) >= 11 is 12.5. The SMILES string of the molecule is Cn1ncc2c(N3CCN(c4cccc(Cl)c4Cl)CC3)ncnc21. The Kier molecular flexibility index (Phi) is 3.94. The van der Waals surface area contributed by atoms with Crippen LogP contribution in [0.3, 0.4) is 0 Å². The van der Waals surface area contributed by atoms with E-state index in [2.05, 4.69) is 24.9 Å². The third-order valence-electron chi connectivity index (χ3n) is 4.36. The van der Waals surface area contributed by atoms with Crippen LogP contribution >= 0.6 is 23.2 Å². The van der Waals surface area contributed by atoms with Gasteiger partial charge in [-0.15, -0.1) is 0 Å². The van der Waals surface area contributed by atoms with Crippen LogP contribution in [0.1, 0.15) is 0 Å². The van der Waals surface area contributed by atoms with Crippen LogP contribution in [0.5, 0.6) is 0 Å². The van der Waals surface area contributed by atoms with Crippen molar-refractivity contribution >= 4 is 45.7 Å². The van der Waals surface area contributed by atoms with Gasteiger partial charge in [-0.2, -0.15) is 5.10 Å². The van der Waals surface area contributed by atoms with E-state index in [9.17, 15) is 0 Å². The smallest absolute Gasteiger partial charge is 0.163 e. The maximum absolute atomic E-state index is 6.34. The lowest BCUT2D eigenvalue weighted by molar-refractivity contribution is 0.649. The zero-order valence-corrected chi connectivity index (χ0v) is 14.7. The van der Waals surface area contributed by atoms with Gasteiger partial charge in [0.15, 0.2) is 5.65 Å². The van der Waals surface area contributed by atoms with Crippen molar-refractivity contribution in [1.82, 2.24) is 19.7 Å². The molecule has 0 amide bonds. The van der Waals surface area contributed by atoms with Crippen LogP contribution in [0.15, 0.2) is 30.7 Å². The second-order valence-electron chi connectivity index (χ2n) is 5.75. The third kappa shape index (κ3) is 2.56. The summed E-state index contributed by atoms with van der Waals surface area (Å²) in [6.07, 6.45) is 3.42. The Morgan fingerprint density at radius 2 is 1.75 bits per heavy atom. The van der Waals surface area contributed by atoms with Crippen molar-refractivity contribution in [2.24, 2.45) is 7.05 Å². The Hall–Kier alpha value is -2.05. The lowest BCUT2D eigenvalue weighted by atomic mass is 10.2. The molecule has 3 aromatic rings. The fraction of sp³-hybridized carbons (Fsp3) is 0.312. The van der Waals surface area contributed by atoms with Crippen molar-refractivity contribution in [3.63, 3.8) is 0 Å². The van der Waals surface area contributed by atoms with Crippen LogP contribution in [0.2, 0.25) is 10.0 Å². The number of halogens is 2. The Balaban J connectivity index is 1.56. The molecular weight excluding hydrogens is 347 g/mol. The number of hydrogen-bond donors (Lipinski definition) is 0. The number of anilines is 2. The lowest BCUT2D eigenvalue weighted by Gasteiger charge is -2.37. The minimum Gasteiger partial charge on any atom is -0.367 e. The van der Waals surface area contributed by atoms with E-state index < -0.39 is 0 Å². The molecule has 0 saturated carbocycles. The Morgan fingerprint density at radius 1 is 1.00 bits per heavy atom. The van der Waals surface area contributed by atoms with Crippen LogP contribution in [-0.4, -0.2) is 45.9 Å². The molecule has 1 aromatic carbocycles. The van der Waals surface area contributed by atoms with E-state index in [-0.39, 0.29) is 0 Å². The summed E-state index contributed by atoms with van der Waals surface area (Å²) in [5.41, 5.74) is 1.83. The van der Waals surface area contributed by atoms with Gasteiger partial charge in [-0.05, 0) is 12.1 Å². The Morgan fingerprint density at radius 3 is 2.54 bits per heavy atom. The van der Waals surface area contributed by atoms with Gasteiger partial charge in [-0.1, -0.05) is 29.3 Å². The first-order chi connectivity index (χ1) is 11.6. The van der Waals surface area contributed by atoms with Gasteiger partial charge >= 0.3 is 0 Å². The van der Waals surface area contributed by atoms with Crippen LogP contribution < -0.4 is 9.80 Å². The summed E-state index contributed by atoms with van der Waals surface area (Å²) in [6.45, 7) is 3.41. The normalized spacial score (nSPS) is 15.3. The second kappa shape index (κ2) is 6.11. The molecule has 3 heterocycles. The van der Waals surface area contributed by atoms with Gasteiger partial charge in [-0.25, -0.2) is 9.97 Å². The molecule has 0 spiro atoms. The summed E-state index contributed by atoms with van der Waals surface area (Å²) in [7, 11) is 1.89. The summed E-state index contributed by atoms with van der Waals surface area (Å²) < 4.78 is 1.77. The molecule has 0 N–H and O–H groups in total. The Bertz CT molecular complexity index is 885. The predicted octanol–water partition coefficient (Wildman–Crippen LogP) is 3.00. The standard InChI is InChI=1S/C16H16Cl2N6/c1-22-15-11(9-21-22)16(20-10-19-15)24-7-5-23(6-8-24)13-4-2-3-12(17)14(13)18/h2-4,9-10H,5-8H2,1H3. The molecule has 1 fully saturated rings. The average molecular weight is 363 g/mol. The van der Waals surface area contributed by atoms with Crippen molar-refractivity contribution in [1.29, 1.82) is 0 Å². The molecule has 6 nitrogen and oxygen atoms in total. The molecule has 0 aliphatic carbocycles. The highest BCUT2D eigenvalue weighted by atomic mass is 35.5. The van der Waals surface area contributed by atoms with Crippen LogP contribution in [-0.2, 0) is 7.05 Å². The monoisotopic (exact) mass is 362 g/mol. The van der Waals surface area contributed by atoms with Crippen molar-refractivity contribution in [3.05, 3.63) is 40.8 Å². The first kappa shape index (κ1) is 15.5. The van der Waals surface area contributed by atoms with Gasteiger partial charge in [0.05, 0.1) is 27.3 Å². The van der Waals surface area contributed by atoms with E-state index in [0.717, 1.165) is 48.7 Å². The Labute approximate surface area is 149 Å². The number of rotatable bonds is 2. The molecular formula is C16H16Cl2N6. The number of aromatic nitrogens is 4. The highest BCUT2D eigenvalue weighted by molar-refractivity contribution is 6.43. The minimum atomic E-state index is 0.587. The van der Waals surface area contributed by atoms with Crippen molar-refractivity contribution in [3.8, 4) is 0 Å². The van der Waals surface area contributed by atoms with E-state index in [4.69, 9.17) is 23.2 Å². The van der Waals surface area contributed by atoms with Gasteiger partial charge < -0.3 is 9.80 Å². The lowest BCUT2D eigenvalue weighted by Crippen LogP contribution is -2.47. The number of benzene rings is 1. The number of hydrogen-bond acceptors (Lipinski definition) is 5. The van der Waals surface area contributed by atoms with Crippen molar-refractivity contribution in [2.75, 3.05) is 36.0 Å². The maximum Gasteiger partial charge on any atom is 0.163 e. The fourth-order valence-electron chi connectivity index (χ4n) is 3.10. The summed E-state index contributed by atoms with van der Waals surface area (Å²) in [4.78, 5) is 13.3. The summed E-state index contributed by atoms with van der Waals surface area (Å²) in [6, 6.07) is 5.75. The van der Waals surface area contributed by atoms with Gasteiger partial charge in [0.25, 0.3) is 0 Å². The number of nitrogens with zero attached hydrogens (tertiary/aromatic N) is 6. The highest BCUT2D eigenvalue weighted by Gasteiger charge is 2.22. The molecule has 0 atom stereocenters. The second-order valence-corrected chi connectivity index (χ2v) is 6.53. The predicted molar refractivity (Wildman–Crippen MR) is 97.2 cm³/mol. The van der Waals surface area contributed by atoms with E-state index in [1.165, 1.54) is 0 Å². The van der Waals surface area contributed by atoms with Crippen LogP contribution in [0.25, 0.3) is 11.0 Å². The first-order valence-electron chi connectivity index (χ1n) is 7.72. The third-order valence-corrected chi connectivity index (χ3v) is 5.17. The average Bonchev–Trinajstić information content (AvgIpc) is 2.99. The number of fused-ring (bicyclic) bond motifs is 1. The first-order valence-corrected chi connectivity index (χ1v) is 8.47. The van der Waals surface area contributed by atoms with Crippen molar-refractivity contribution in [2.45, 2.75) is 0 Å². The number of aryl methyl sites for hydroxylation is 1. The zero-order chi connectivity index (χ0) is 16.7. The molecule has 0 unspecified atom stereocenters. The molecule has 1 saturated heterocycles. The zero-order valence-electron chi connectivity index (χ0n) is 13.2. The van der Waals surface area contributed by atoms with Crippen molar-refractivity contribution < 1.29 is 0 Å². The van der Waals surface area contributed by atoms with Crippen LogP contribution in [0.4, 0.5) is 11.5 Å². The van der Waals surface area contributed by atoms with E-state index in [1.54, 1.807) is 11.0 Å². The van der Waals surface area contributed by atoms with Crippen LogP contribution in [0, 0.1) is 0 Å². The summed E-state index contributed by atoms with van der Waals surface area (Å²) in [5, 5.41) is 6.46. The quantitative estimate of drug-likeness (QED) is 0.701. The fourth-order valence-corrected chi connectivity index (χ4v) is 3.51. The molecule has 4 rings (SSSR count). The molecule has 1 aliphatic heterocycles. The highest BCUT2D eigenvalue weighted by Crippen LogP contribution is 2.33. The molecule has 1 aliphatic rings. The molecule has 2 aromatic heterocycles. The van der Waals surface area contributed by atoms with E-state index in [0.29, 0.717) is 10.0 Å². The number of piperazine rings is 1. The molecule has 0 bridgehead atoms. The van der Waals surface area contributed by atoms with E-state index in [1.807, 2.05) is 31.4 Å². The molecule has 8 heteroatoms. The van der Waals surface area contributed by atoms with Gasteiger partial charge in [0, 0.05) is 33.2 Å². The van der Waals surface area contributed by atoms with Gasteiger partial charge in [0.1, 0.15) is 12.1 Å². The maximum atomic E-state index is 6.34. The largest absolute Gasteiger partial charge is 0.367 e. The molecule has 124 valence electrons. The summed E-state index contributed by atoms with van der Waals surface area (Å²) in [5.74, 6) is 0.935. The topological polar surface area (TPSA) is 50.1 Å².